The summed E-state index contributed by atoms with van der Waals surface area (Å²) in [5.41, 5.74) is 1.11. The lowest BCUT2D eigenvalue weighted by molar-refractivity contribution is 0.0849. The Bertz CT molecular complexity index is 916. The van der Waals surface area contributed by atoms with E-state index in [0.29, 0.717) is 29.5 Å². The molecule has 1 unspecified atom stereocenters. The first-order chi connectivity index (χ1) is 15.8. The van der Waals surface area contributed by atoms with Gasteiger partial charge in [-0.15, -0.1) is 0 Å². The molecule has 2 aromatic rings. The van der Waals surface area contributed by atoms with Crippen molar-refractivity contribution in [3.8, 4) is 11.5 Å². The molecule has 6 heteroatoms. The topological polar surface area (TPSA) is 76.7 Å². The molecule has 2 N–H and O–H groups in total. The van der Waals surface area contributed by atoms with E-state index in [-0.39, 0.29) is 17.4 Å². The molecule has 6 nitrogen and oxygen atoms in total. The minimum atomic E-state index is -0.185. The summed E-state index contributed by atoms with van der Waals surface area (Å²) in [7, 11) is 3.23. The van der Waals surface area contributed by atoms with Crippen LogP contribution in [0.3, 0.4) is 0 Å². The molecule has 1 aliphatic carbocycles. The summed E-state index contributed by atoms with van der Waals surface area (Å²) < 4.78 is 10.3. The fourth-order valence-electron chi connectivity index (χ4n) is 4.55. The van der Waals surface area contributed by atoms with Gasteiger partial charge in [-0.1, -0.05) is 6.92 Å². The van der Waals surface area contributed by atoms with Gasteiger partial charge in [-0.3, -0.25) is 9.59 Å². The Labute approximate surface area is 197 Å². The van der Waals surface area contributed by atoms with E-state index in [0.717, 1.165) is 43.6 Å². The molecule has 2 aromatic carbocycles. The van der Waals surface area contributed by atoms with E-state index in [2.05, 4.69) is 24.5 Å². The molecule has 1 aliphatic rings. The fourth-order valence-corrected chi connectivity index (χ4v) is 4.55. The number of hydrogen-bond acceptors (Lipinski definition) is 4. The molecule has 0 spiro atoms. The van der Waals surface area contributed by atoms with E-state index < -0.39 is 0 Å². The predicted octanol–water partition coefficient (Wildman–Crippen LogP) is 4.84. The molecule has 0 heterocycles. The Balaban J connectivity index is 1.41. The average Bonchev–Trinajstić information content (AvgIpc) is 2.84. The van der Waals surface area contributed by atoms with Crippen molar-refractivity contribution >= 4 is 11.8 Å². The number of carbonyl (C=O) groups excluding carboxylic acids is 2. The average molecular weight is 453 g/mol. The van der Waals surface area contributed by atoms with E-state index in [9.17, 15) is 9.59 Å². The maximum absolute atomic E-state index is 12.7. The van der Waals surface area contributed by atoms with E-state index in [4.69, 9.17) is 9.47 Å². The number of ether oxygens (including phenoxy) is 2. The smallest absolute Gasteiger partial charge is 0.251 e. The van der Waals surface area contributed by atoms with Gasteiger partial charge in [0.1, 0.15) is 11.5 Å². The van der Waals surface area contributed by atoms with E-state index >= 15 is 0 Å². The largest absolute Gasteiger partial charge is 0.497 e. The molecule has 1 atom stereocenters. The summed E-state index contributed by atoms with van der Waals surface area (Å²) >= 11 is 0. The van der Waals surface area contributed by atoms with Crippen molar-refractivity contribution in [1.29, 1.82) is 0 Å². The minimum Gasteiger partial charge on any atom is -0.497 e. The molecule has 2 amide bonds. The number of carbonyl (C=O) groups is 2. The van der Waals surface area contributed by atoms with Gasteiger partial charge in [0.25, 0.3) is 11.8 Å². The number of methoxy groups -OCH3 is 2. The molecular formula is C27H36N2O4. The zero-order chi connectivity index (χ0) is 23.8. The second-order valence-corrected chi connectivity index (χ2v) is 9.33. The van der Waals surface area contributed by atoms with Crippen LogP contribution < -0.4 is 20.1 Å². The van der Waals surface area contributed by atoms with Crippen LogP contribution in [0.25, 0.3) is 0 Å². The van der Waals surface area contributed by atoms with Crippen molar-refractivity contribution in [3.63, 3.8) is 0 Å². The lowest BCUT2D eigenvalue weighted by atomic mass is 9.72. The van der Waals surface area contributed by atoms with Crippen molar-refractivity contribution in [2.75, 3.05) is 20.8 Å². The second-order valence-electron chi connectivity index (χ2n) is 9.33. The van der Waals surface area contributed by atoms with Crippen LogP contribution in [0.4, 0.5) is 0 Å². The molecule has 0 aromatic heterocycles. The van der Waals surface area contributed by atoms with Gasteiger partial charge >= 0.3 is 0 Å². The summed E-state index contributed by atoms with van der Waals surface area (Å²) in [5.74, 6) is 2.52. The van der Waals surface area contributed by atoms with Crippen LogP contribution in [0.15, 0.2) is 48.5 Å². The van der Waals surface area contributed by atoms with Crippen molar-refractivity contribution in [2.45, 2.75) is 51.5 Å². The van der Waals surface area contributed by atoms with E-state index in [1.807, 2.05) is 12.1 Å². The molecule has 0 aliphatic heterocycles. The highest BCUT2D eigenvalue weighted by molar-refractivity contribution is 5.95. The van der Waals surface area contributed by atoms with Gasteiger partial charge in [-0.25, -0.2) is 0 Å². The molecular weight excluding hydrogens is 416 g/mol. The predicted molar refractivity (Wildman–Crippen MR) is 130 cm³/mol. The van der Waals surface area contributed by atoms with Crippen molar-refractivity contribution < 1.29 is 19.1 Å². The van der Waals surface area contributed by atoms with Crippen LogP contribution in [-0.4, -0.2) is 38.1 Å². The Kier molecular flexibility index (Phi) is 8.37. The molecule has 33 heavy (non-hydrogen) atoms. The maximum atomic E-state index is 12.7. The standard InChI is InChI=1S/C27H36N2O4/c1-19(15-18-28-25(30)21-5-9-23(32-3)10-6-21)20-13-16-27(2,17-14-20)29-26(31)22-7-11-24(33-4)12-8-22/h5-12,19-20H,13-18H2,1-4H3,(H,28,30)(H,29,31). The summed E-state index contributed by atoms with van der Waals surface area (Å²) in [6.45, 7) is 5.07. The van der Waals surface area contributed by atoms with Gasteiger partial charge in [0, 0.05) is 23.2 Å². The van der Waals surface area contributed by atoms with Gasteiger partial charge in [-0.05, 0) is 99.4 Å². The quantitative estimate of drug-likeness (QED) is 0.571. The fraction of sp³-hybridized carbons (Fsp3) is 0.481. The third-order valence-corrected chi connectivity index (χ3v) is 6.94. The molecule has 0 radical (unpaired) electrons. The van der Waals surface area contributed by atoms with E-state index in [1.165, 1.54) is 0 Å². The van der Waals surface area contributed by atoms with E-state index in [1.54, 1.807) is 50.6 Å². The molecule has 1 fully saturated rings. The van der Waals surface area contributed by atoms with Crippen LogP contribution in [0.1, 0.15) is 66.7 Å². The third-order valence-electron chi connectivity index (χ3n) is 6.94. The first-order valence-corrected chi connectivity index (χ1v) is 11.7. The zero-order valence-corrected chi connectivity index (χ0v) is 20.1. The first-order valence-electron chi connectivity index (χ1n) is 11.7. The summed E-state index contributed by atoms with van der Waals surface area (Å²) in [4.78, 5) is 25.0. The molecule has 0 saturated heterocycles. The highest BCUT2D eigenvalue weighted by atomic mass is 16.5. The molecule has 1 saturated carbocycles. The number of amides is 2. The number of nitrogens with one attached hydrogen (secondary N) is 2. The van der Waals surface area contributed by atoms with Crippen LogP contribution in [0.2, 0.25) is 0 Å². The number of benzene rings is 2. The summed E-state index contributed by atoms with van der Waals surface area (Å²) in [6, 6.07) is 14.4. The summed E-state index contributed by atoms with van der Waals surface area (Å²) in [5, 5.41) is 6.28. The zero-order valence-electron chi connectivity index (χ0n) is 20.1. The SMILES string of the molecule is COc1ccc(C(=O)NCCC(C)C2CCC(C)(NC(=O)c3ccc(OC)cc3)CC2)cc1. The van der Waals surface area contributed by atoms with Crippen LogP contribution in [-0.2, 0) is 0 Å². The number of hydrogen-bond donors (Lipinski definition) is 2. The van der Waals surface area contributed by atoms with Crippen molar-refractivity contribution in [1.82, 2.24) is 10.6 Å². The molecule has 0 bridgehead atoms. The van der Waals surface area contributed by atoms with Gasteiger partial charge in [-0.2, -0.15) is 0 Å². The van der Waals surface area contributed by atoms with Gasteiger partial charge in [0.15, 0.2) is 0 Å². The highest BCUT2D eigenvalue weighted by Crippen LogP contribution is 2.37. The second kappa shape index (κ2) is 11.2. The first kappa shape index (κ1) is 24.6. The normalized spacial score (nSPS) is 21.0. The third kappa shape index (κ3) is 6.73. The van der Waals surface area contributed by atoms with Gasteiger partial charge < -0.3 is 20.1 Å². The van der Waals surface area contributed by atoms with Gasteiger partial charge in [0.2, 0.25) is 0 Å². The lowest BCUT2D eigenvalue weighted by Crippen LogP contribution is -2.48. The lowest BCUT2D eigenvalue weighted by Gasteiger charge is -2.40. The van der Waals surface area contributed by atoms with Crippen molar-refractivity contribution in [2.24, 2.45) is 11.8 Å². The summed E-state index contributed by atoms with van der Waals surface area (Å²) in [6.07, 6.45) is 5.02. The Morgan fingerprint density at radius 1 is 0.909 bits per heavy atom. The Hall–Kier alpha value is -3.02. The molecule has 3 rings (SSSR count). The van der Waals surface area contributed by atoms with Crippen LogP contribution in [0.5, 0.6) is 11.5 Å². The van der Waals surface area contributed by atoms with Crippen LogP contribution in [0, 0.1) is 11.8 Å². The Morgan fingerprint density at radius 2 is 1.39 bits per heavy atom. The molecule has 178 valence electrons. The number of rotatable bonds is 9. The maximum Gasteiger partial charge on any atom is 0.251 e. The van der Waals surface area contributed by atoms with Crippen molar-refractivity contribution in [3.05, 3.63) is 59.7 Å². The minimum absolute atomic E-state index is 0.0344. The monoisotopic (exact) mass is 452 g/mol. The van der Waals surface area contributed by atoms with Gasteiger partial charge in [0.05, 0.1) is 14.2 Å². The Morgan fingerprint density at radius 3 is 1.88 bits per heavy atom. The highest BCUT2D eigenvalue weighted by Gasteiger charge is 2.34. The van der Waals surface area contributed by atoms with Crippen LogP contribution >= 0.6 is 0 Å².